The Labute approximate surface area is 135 Å². The van der Waals surface area contributed by atoms with Gasteiger partial charge in [-0.3, -0.25) is 9.48 Å². The minimum absolute atomic E-state index is 0.149. The first kappa shape index (κ1) is 12.8. The van der Waals surface area contributed by atoms with Crippen molar-refractivity contribution in [2.45, 2.75) is 6.04 Å². The summed E-state index contributed by atoms with van der Waals surface area (Å²) in [5, 5.41) is 5.81. The summed E-state index contributed by atoms with van der Waals surface area (Å²) in [4.78, 5) is 11.6. The zero-order chi connectivity index (χ0) is 14.4. The zero-order valence-electron chi connectivity index (χ0n) is 11.0. The third kappa shape index (κ3) is 1.86. The number of carbonyl (C=O) groups is 1. The molecule has 0 radical (unpaired) electrons. The summed E-state index contributed by atoms with van der Waals surface area (Å²) in [5.41, 5.74) is 3.96. The van der Waals surface area contributed by atoms with E-state index in [-0.39, 0.29) is 6.04 Å². The molecule has 0 aliphatic carbocycles. The molecule has 21 heavy (non-hydrogen) atoms. The van der Waals surface area contributed by atoms with Gasteiger partial charge in [0.1, 0.15) is 16.0 Å². The van der Waals surface area contributed by atoms with Crippen LogP contribution < -0.4 is 0 Å². The molecule has 1 aromatic heterocycles. The van der Waals surface area contributed by atoms with Crippen LogP contribution in [-0.4, -0.2) is 16.1 Å². The van der Waals surface area contributed by atoms with Crippen molar-refractivity contribution in [1.82, 2.24) is 9.78 Å². The number of para-hydroxylation sites is 1. The van der Waals surface area contributed by atoms with Gasteiger partial charge in [-0.05, 0) is 34.2 Å². The molecular formula is C17H11IN2O. The molecule has 2 aromatic carbocycles. The molecule has 4 rings (SSSR count). The van der Waals surface area contributed by atoms with Crippen molar-refractivity contribution in [1.29, 1.82) is 0 Å². The van der Waals surface area contributed by atoms with Gasteiger partial charge in [-0.25, -0.2) is 0 Å². The van der Waals surface area contributed by atoms with Gasteiger partial charge in [0.25, 0.3) is 0 Å². The Morgan fingerprint density at radius 3 is 2.67 bits per heavy atom. The standard InChI is InChI=1S/C17H11IN2O/c18-17-14-8-4-7-12-9-13(10-21)15(20(19-17)16(12)14)11-5-2-1-3-6-11/h1-10,15H/t15-/m0/s1. The van der Waals surface area contributed by atoms with Gasteiger partial charge < -0.3 is 0 Å². The highest BCUT2D eigenvalue weighted by atomic mass is 127. The molecule has 1 aliphatic rings. The minimum Gasteiger partial charge on any atom is -0.298 e. The van der Waals surface area contributed by atoms with E-state index in [1.54, 1.807) is 0 Å². The van der Waals surface area contributed by atoms with E-state index in [4.69, 9.17) is 0 Å². The van der Waals surface area contributed by atoms with Gasteiger partial charge in [-0.1, -0.05) is 48.5 Å². The van der Waals surface area contributed by atoms with Crippen LogP contribution in [0.1, 0.15) is 17.2 Å². The summed E-state index contributed by atoms with van der Waals surface area (Å²) >= 11 is 2.25. The molecule has 0 spiro atoms. The van der Waals surface area contributed by atoms with Crippen LogP contribution >= 0.6 is 22.6 Å². The summed E-state index contributed by atoms with van der Waals surface area (Å²) in [6.07, 6.45) is 2.92. The first-order valence-corrected chi connectivity index (χ1v) is 7.76. The molecule has 3 aromatic rings. The number of aldehydes is 1. The number of aromatic nitrogens is 2. The number of halogens is 1. The first-order valence-electron chi connectivity index (χ1n) is 6.68. The predicted octanol–water partition coefficient (Wildman–Crippen LogP) is 3.83. The van der Waals surface area contributed by atoms with Crippen LogP contribution in [0.15, 0.2) is 54.1 Å². The third-order valence-corrected chi connectivity index (χ3v) is 4.64. The molecule has 0 N–H and O–H groups in total. The summed E-state index contributed by atoms with van der Waals surface area (Å²) in [7, 11) is 0. The topological polar surface area (TPSA) is 34.9 Å². The molecule has 0 saturated heterocycles. The first-order chi connectivity index (χ1) is 10.3. The highest BCUT2D eigenvalue weighted by Gasteiger charge is 2.27. The van der Waals surface area contributed by atoms with Gasteiger partial charge in [0.05, 0.1) is 5.52 Å². The van der Waals surface area contributed by atoms with Crippen LogP contribution in [0.25, 0.3) is 17.0 Å². The molecule has 0 fully saturated rings. The van der Waals surface area contributed by atoms with Crippen LogP contribution in [0.2, 0.25) is 0 Å². The fraction of sp³-hybridized carbons (Fsp3) is 0.0588. The second-order valence-corrected chi connectivity index (χ2v) is 6.08. The molecule has 1 aliphatic heterocycles. The number of hydrogen-bond donors (Lipinski definition) is 0. The molecule has 0 bridgehead atoms. The van der Waals surface area contributed by atoms with Crippen LogP contribution in [-0.2, 0) is 4.79 Å². The Balaban J connectivity index is 2.06. The highest BCUT2D eigenvalue weighted by Crippen LogP contribution is 2.37. The maximum Gasteiger partial charge on any atom is 0.148 e. The van der Waals surface area contributed by atoms with Crippen LogP contribution in [0.3, 0.4) is 0 Å². The van der Waals surface area contributed by atoms with Crippen molar-refractivity contribution < 1.29 is 4.79 Å². The van der Waals surface area contributed by atoms with Crippen molar-refractivity contribution in [3.63, 3.8) is 0 Å². The molecule has 4 heteroatoms. The monoisotopic (exact) mass is 386 g/mol. The smallest absolute Gasteiger partial charge is 0.148 e. The Morgan fingerprint density at radius 2 is 1.90 bits per heavy atom. The maximum atomic E-state index is 11.6. The van der Waals surface area contributed by atoms with Gasteiger partial charge in [0.2, 0.25) is 0 Å². The van der Waals surface area contributed by atoms with Crippen molar-refractivity contribution in [2.24, 2.45) is 0 Å². The van der Waals surface area contributed by atoms with Gasteiger partial charge >= 0.3 is 0 Å². The SMILES string of the molecule is O=CC1=Cc2cccc3c(I)nn(c23)[C@H]1c1ccccc1. The highest BCUT2D eigenvalue weighted by molar-refractivity contribution is 14.1. The van der Waals surface area contributed by atoms with Crippen LogP contribution in [0.5, 0.6) is 0 Å². The lowest BCUT2D eigenvalue weighted by Gasteiger charge is -2.23. The van der Waals surface area contributed by atoms with Gasteiger partial charge in [0.15, 0.2) is 0 Å². The Kier molecular flexibility index (Phi) is 2.92. The minimum atomic E-state index is -0.149. The Morgan fingerprint density at radius 1 is 1.10 bits per heavy atom. The Bertz CT molecular complexity index is 880. The molecule has 1 atom stereocenters. The predicted molar refractivity (Wildman–Crippen MR) is 91.1 cm³/mol. The number of hydrogen-bond acceptors (Lipinski definition) is 2. The van der Waals surface area contributed by atoms with Crippen molar-refractivity contribution >= 4 is 45.9 Å². The average molecular weight is 386 g/mol. The maximum absolute atomic E-state index is 11.6. The average Bonchev–Trinajstić information content (AvgIpc) is 2.86. The summed E-state index contributed by atoms with van der Waals surface area (Å²) in [6, 6.07) is 16.0. The van der Waals surface area contributed by atoms with E-state index < -0.39 is 0 Å². The van der Waals surface area contributed by atoms with Crippen molar-refractivity contribution in [3.8, 4) is 0 Å². The van der Waals surface area contributed by atoms with Crippen molar-refractivity contribution in [3.05, 3.63) is 68.9 Å². The van der Waals surface area contributed by atoms with E-state index >= 15 is 0 Å². The van der Waals surface area contributed by atoms with E-state index in [0.717, 1.165) is 37.6 Å². The lowest BCUT2D eigenvalue weighted by Crippen LogP contribution is -2.18. The van der Waals surface area contributed by atoms with Crippen molar-refractivity contribution in [2.75, 3.05) is 0 Å². The van der Waals surface area contributed by atoms with E-state index in [1.807, 2.05) is 53.2 Å². The molecular weight excluding hydrogens is 375 g/mol. The molecule has 102 valence electrons. The van der Waals surface area contributed by atoms with Crippen LogP contribution in [0.4, 0.5) is 0 Å². The fourth-order valence-corrected chi connectivity index (χ4v) is 3.62. The zero-order valence-corrected chi connectivity index (χ0v) is 13.2. The molecule has 3 nitrogen and oxygen atoms in total. The van der Waals surface area contributed by atoms with Gasteiger partial charge in [0, 0.05) is 16.5 Å². The van der Waals surface area contributed by atoms with E-state index in [0.29, 0.717) is 0 Å². The quantitative estimate of drug-likeness (QED) is 0.496. The number of allylic oxidation sites excluding steroid dienone is 1. The number of rotatable bonds is 2. The normalized spacial score (nSPS) is 16.8. The summed E-state index contributed by atoms with van der Waals surface area (Å²) < 4.78 is 2.94. The number of nitrogens with zero attached hydrogens (tertiary/aromatic N) is 2. The third-order valence-electron chi connectivity index (χ3n) is 3.85. The molecule has 0 saturated carbocycles. The molecule has 0 amide bonds. The van der Waals surface area contributed by atoms with E-state index in [2.05, 4.69) is 33.8 Å². The number of carbonyl (C=O) groups excluding carboxylic acids is 1. The second kappa shape index (κ2) is 4.80. The number of benzene rings is 2. The summed E-state index contributed by atoms with van der Waals surface area (Å²) in [5.74, 6) is 0. The van der Waals surface area contributed by atoms with Crippen LogP contribution in [0, 0.1) is 3.70 Å². The Hall–Kier alpha value is -1.95. The fourth-order valence-electron chi connectivity index (χ4n) is 2.95. The van der Waals surface area contributed by atoms with E-state index in [9.17, 15) is 4.79 Å². The van der Waals surface area contributed by atoms with E-state index in [1.165, 1.54) is 0 Å². The van der Waals surface area contributed by atoms with Gasteiger partial charge in [-0.15, -0.1) is 0 Å². The van der Waals surface area contributed by atoms with Gasteiger partial charge in [-0.2, -0.15) is 5.10 Å². The summed E-state index contributed by atoms with van der Waals surface area (Å²) in [6.45, 7) is 0. The largest absolute Gasteiger partial charge is 0.298 e. The second-order valence-electron chi connectivity index (χ2n) is 5.05. The lowest BCUT2D eigenvalue weighted by molar-refractivity contribution is -0.105. The molecule has 0 unspecified atom stereocenters. The molecule has 2 heterocycles. The lowest BCUT2D eigenvalue weighted by atomic mass is 9.94.